The van der Waals surface area contributed by atoms with Gasteiger partial charge in [0, 0.05) is 18.8 Å². The SMILES string of the molecule is NNc1ncc(C(=O)N(CC2CC2)C2CC2)cc1Cl. The quantitative estimate of drug-likeness (QED) is 0.639. The predicted octanol–water partition coefficient (Wildman–Crippen LogP) is 2.04. The van der Waals surface area contributed by atoms with Gasteiger partial charge in [-0.25, -0.2) is 10.8 Å². The molecular formula is C13H17ClN4O. The Morgan fingerprint density at radius 1 is 1.47 bits per heavy atom. The van der Waals surface area contributed by atoms with Crippen molar-refractivity contribution in [1.29, 1.82) is 0 Å². The van der Waals surface area contributed by atoms with Crippen LogP contribution in [-0.4, -0.2) is 28.4 Å². The molecule has 1 amide bonds. The number of hydrogen-bond donors (Lipinski definition) is 2. The summed E-state index contributed by atoms with van der Waals surface area (Å²) in [6.07, 6.45) is 6.24. The van der Waals surface area contributed by atoms with Gasteiger partial charge >= 0.3 is 0 Å². The Morgan fingerprint density at radius 2 is 2.21 bits per heavy atom. The van der Waals surface area contributed by atoms with E-state index in [0.29, 0.717) is 28.4 Å². The van der Waals surface area contributed by atoms with Gasteiger partial charge < -0.3 is 10.3 Å². The molecule has 0 bridgehead atoms. The van der Waals surface area contributed by atoms with Crippen molar-refractivity contribution in [3.8, 4) is 0 Å². The standard InChI is InChI=1S/C13H17ClN4O/c14-11-5-9(6-16-12(11)17-15)13(19)18(10-3-4-10)7-8-1-2-8/h5-6,8,10H,1-4,7,15H2,(H,16,17). The van der Waals surface area contributed by atoms with Crippen LogP contribution in [0.25, 0.3) is 0 Å². The van der Waals surface area contributed by atoms with Crippen LogP contribution in [0.15, 0.2) is 12.3 Å². The average molecular weight is 281 g/mol. The summed E-state index contributed by atoms with van der Waals surface area (Å²) in [5.74, 6) is 6.39. The number of nitrogens with one attached hydrogen (secondary N) is 1. The van der Waals surface area contributed by atoms with Crippen LogP contribution in [0.3, 0.4) is 0 Å². The number of nitrogens with two attached hydrogens (primary N) is 1. The van der Waals surface area contributed by atoms with Crippen molar-refractivity contribution < 1.29 is 4.79 Å². The third-order valence-electron chi connectivity index (χ3n) is 3.63. The average Bonchev–Trinajstić information content (AvgIpc) is 3.27. The van der Waals surface area contributed by atoms with Crippen molar-refractivity contribution in [1.82, 2.24) is 9.88 Å². The first-order chi connectivity index (χ1) is 9.19. The summed E-state index contributed by atoms with van der Waals surface area (Å²) >= 11 is 6.02. The first kappa shape index (κ1) is 12.7. The van der Waals surface area contributed by atoms with Gasteiger partial charge in [0.15, 0.2) is 5.82 Å². The number of nitrogen functional groups attached to an aromatic ring is 1. The summed E-state index contributed by atoms with van der Waals surface area (Å²) in [4.78, 5) is 18.6. The van der Waals surface area contributed by atoms with Gasteiger partial charge in [-0.3, -0.25) is 4.79 Å². The van der Waals surface area contributed by atoms with Crippen molar-refractivity contribution in [2.75, 3.05) is 12.0 Å². The van der Waals surface area contributed by atoms with E-state index in [9.17, 15) is 4.79 Å². The summed E-state index contributed by atoms with van der Waals surface area (Å²) in [5, 5.41) is 0.371. The molecule has 0 spiro atoms. The molecular weight excluding hydrogens is 264 g/mol. The third kappa shape index (κ3) is 2.82. The molecule has 2 saturated carbocycles. The molecule has 6 heteroatoms. The second-order valence-electron chi connectivity index (χ2n) is 5.33. The van der Waals surface area contributed by atoms with Gasteiger partial charge in [0.05, 0.1) is 10.6 Å². The van der Waals surface area contributed by atoms with Gasteiger partial charge in [0.2, 0.25) is 0 Å². The molecule has 0 aliphatic heterocycles. The van der Waals surface area contributed by atoms with Crippen molar-refractivity contribution in [2.24, 2.45) is 11.8 Å². The largest absolute Gasteiger partial charge is 0.335 e. The van der Waals surface area contributed by atoms with E-state index in [1.54, 1.807) is 6.07 Å². The van der Waals surface area contributed by atoms with Crippen molar-refractivity contribution in [3.05, 3.63) is 22.8 Å². The summed E-state index contributed by atoms with van der Waals surface area (Å²) in [5.41, 5.74) is 2.94. The number of nitrogens with zero attached hydrogens (tertiary/aromatic N) is 2. The number of amides is 1. The van der Waals surface area contributed by atoms with Crippen LogP contribution in [0.5, 0.6) is 0 Å². The van der Waals surface area contributed by atoms with Crippen LogP contribution < -0.4 is 11.3 Å². The fourth-order valence-corrected chi connectivity index (χ4v) is 2.41. The number of hydrogen-bond acceptors (Lipinski definition) is 4. The van der Waals surface area contributed by atoms with Gasteiger partial charge in [-0.1, -0.05) is 11.6 Å². The number of carbonyl (C=O) groups excluding carboxylic acids is 1. The Balaban J connectivity index is 1.78. The van der Waals surface area contributed by atoms with Crippen LogP contribution in [-0.2, 0) is 0 Å². The number of carbonyl (C=O) groups is 1. The van der Waals surface area contributed by atoms with Crippen molar-refractivity contribution >= 4 is 23.3 Å². The predicted molar refractivity (Wildman–Crippen MR) is 73.8 cm³/mol. The highest BCUT2D eigenvalue weighted by Crippen LogP contribution is 2.35. The zero-order chi connectivity index (χ0) is 13.4. The minimum Gasteiger partial charge on any atom is -0.335 e. The minimum atomic E-state index is 0.0346. The lowest BCUT2D eigenvalue weighted by Gasteiger charge is -2.22. The highest BCUT2D eigenvalue weighted by Gasteiger charge is 2.37. The molecule has 1 heterocycles. The number of anilines is 1. The minimum absolute atomic E-state index is 0.0346. The molecule has 0 unspecified atom stereocenters. The zero-order valence-corrected chi connectivity index (χ0v) is 11.4. The smallest absolute Gasteiger partial charge is 0.255 e. The molecule has 0 aromatic carbocycles. The van der Waals surface area contributed by atoms with E-state index in [4.69, 9.17) is 17.4 Å². The maximum Gasteiger partial charge on any atom is 0.255 e. The first-order valence-electron chi connectivity index (χ1n) is 6.62. The van der Waals surface area contributed by atoms with Gasteiger partial charge in [-0.15, -0.1) is 0 Å². The van der Waals surface area contributed by atoms with Gasteiger partial charge in [0.25, 0.3) is 5.91 Å². The van der Waals surface area contributed by atoms with E-state index in [0.717, 1.165) is 19.4 Å². The maximum atomic E-state index is 12.5. The Morgan fingerprint density at radius 3 is 2.74 bits per heavy atom. The molecule has 0 saturated heterocycles. The molecule has 3 rings (SSSR count). The Bertz CT molecular complexity index is 499. The summed E-state index contributed by atoms with van der Waals surface area (Å²) in [6.45, 7) is 0.873. The molecule has 0 atom stereocenters. The number of rotatable bonds is 5. The van der Waals surface area contributed by atoms with Crippen LogP contribution in [0.1, 0.15) is 36.0 Å². The lowest BCUT2D eigenvalue weighted by Crippen LogP contribution is -2.35. The van der Waals surface area contributed by atoms with Crippen LogP contribution in [0.4, 0.5) is 5.82 Å². The van der Waals surface area contributed by atoms with Crippen molar-refractivity contribution in [2.45, 2.75) is 31.7 Å². The van der Waals surface area contributed by atoms with E-state index in [2.05, 4.69) is 10.4 Å². The maximum absolute atomic E-state index is 12.5. The number of halogens is 1. The van der Waals surface area contributed by atoms with E-state index >= 15 is 0 Å². The molecule has 3 N–H and O–H groups in total. The fourth-order valence-electron chi connectivity index (χ4n) is 2.19. The summed E-state index contributed by atoms with van der Waals surface area (Å²) in [6, 6.07) is 2.05. The molecule has 2 aliphatic carbocycles. The Kier molecular flexibility index (Phi) is 3.33. The third-order valence-corrected chi connectivity index (χ3v) is 3.91. The van der Waals surface area contributed by atoms with Crippen LogP contribution >= 0.6 is 11.6 Å². The molecule has 1 aromatic heterocycles. The topological polar surface area (TPSA) is 71.2 Å². The Hall–Kier alpha value is -1.33. The zero-order valence-electron chi connectivity index (χ0n) is 10.6. The number of hydrazine groups is 1. The van der Waals surface area contributed by atoms with Gasteiger partial charge in [-0.05, 0) is 37.7 Å². The van der Waals surface area contributed by atoms with Crippen LogP contribution in [0, 0.1) is 5.92 Å². The lowest BCUT2D eigenvalue weighted by atomic mass is 10.2. The molecule has 2 aliphatic rings. The molecule has 0 radical (unpaired) electrons. The summed E-state index contributed by atoms with van der Waals surface area (Å²) < 4.78 is 0. The summed E-state index contributed by atoms with van der Waals surface area (Å²) in [7, 11) is 0. The van der Waals surface area contributed by atoms with Crippen LogP contribution in [0.2, 0.25) is 5.02 Å². The highest BCUT2D eigenvalue weighted by molar-refractivity contribution is 6.33. The highest BCUT2D eigenvalue weighted by atomic mass is 35.5. The molecule has 1 aromatic rings. The number of aromatic nitrogens is 1. The monoisotopic (exact) mass is 280 g/mol. The van der Waals surface area contributed by atoms with Gasteiger partial charge in [0.1, 0.15) is 0 Å². The Labute approximate surface area is 117 Å². The van der Waals surface area contributed by atoms with E-state index in [1.165, 1.54) is 19.0 Å². The normalized spacial score (nSPS) is 18.2. The second-order valence-corrected chi connectivity index (χ2v) is 5.74. The van der Waals surface area contributed by atoms with E-state index in [-0.39, 0.29) is 5.91 Å². The molecule has 19 heavy (non-hydrogen) atoms. The van der Waals surface area contributed by atoms with E-state index < -0.39 is 0 Å². The molecule has 5 nitrogen and oxygen atoms in total. The lowest BCUT2D eigenvalue weighted by molar-refractivity contribution is 0.0734. The fraction of sp³-hybridized carbons (Fsp3) is 0.538. The first-order valence-corrected chi connectivity index (χ1v) is 7.00. The molecule has 102 valence electrons. The van der Waals surface area contributed by atoms with Gasteiger partial charge in [-0.2, -0.15) is 0 Å². The second kappa shape index (κ2) is 4.98. The molecule has 2 fully saturated rings. The number of pyridine rings is 1. The van der Waals surface area contributed by atoms with Crippen molar-refractivity contribution in [3.63, 3.8) is 0 Å². The van der Waals surface area contributed by atoms with E-state index in [1.807, 2.05) is 4.90 Å².